The van der Waals surface area contributed by atoms with Gasteiger partial charge in [-0.3, -0.25) is 4.68 Å². The van der Waals surface area contributed by atoms with Gasteiger partial charge in [-0.25, -0.2) is 0 Å². The number of aromatic hydroxyl groups is 1. The van der Waals surface area contributed by atoms with Crippen molar-refractivity contribution in [2.45, 2.75) is 0 Å². The quantitative estimate of drug-likeness (QED) is 0.678. The Morgan fingerprint density at radius 2 is 2.45 bits per heavy atom. The molecule has 0 radical (unpaired) electrons. The number of thiophene rings is 1. The van der Waals surface area contributed by atoms with Crippen LogP contribution in [0.3, 0.4) is 0 Å². The van der Waals surface area contributed by atoms with Crippen LogP contribution in [0.5, 0.6) is 5.06 Å². The molecule has 2 N–H and O–H groups in total. The summed E-state index contributed by atoms with van der Waals surface area (Å²) in [5.74, 6) is 0. The van der Waals surface area contributed by atoms with Crippen molar-refractivity contribution in [3.05, 3.63) is 18.3 Å². The van der Waals surface area contributed by atoms with Gasteiger partial charge < -0.3 is 10.5 Å². The molecule has 0 saturated carbocycles. The summed E-state index contributed by atoms with van der Waals surface area (Å²) in [6.45, 7) is 0. The van der Waals surface area contributed by atoms with Crippen molar-refractivity contribution in [3.63, 3.8) is 0 Å². The number of rotatable bonds is 1. The predicted molar refractivity (Wildman–Crippen MR) is 46.8 cm³/mol. The topological polar surface area (TPSA) is 37.2 Å². The first-order chi connectivity index (χ1) is 5.31. The number of nitrogens with one attached hydrogen (secondary N) is 1. The second-order valence-electron chi connectivity index (χ2n) is 2.24. The molecule has 2 aromatic heterocycles. The van der Waals surface area contributed by atoms with E-state index in [-0.39, 0.29) is 0 Å². The van der Waals surface area contributed by atoms with Crippen LogP contribution in [0, 0.1) is 0 Å². The molecule has 0 saturated heterocycles. The fraction of sp³-hybridized carbons (Fsp3) is 0.143. The third kappa shape index (κ3) is 0.867. The zero-order chi connectivity index (χ0) is 7.84. The van der Waals surface area contributed by atoms with Crippen LogP contribution in [0.25, 0.3) is 10.2 Å². The largest absolute Gasteiger partial charge is 0.499 e. The van der Waals surface area contributed by atoms with E-state index in [1.165, 1.54) is 11.3 Å². The standard InChI is InChI=1S/C7H8N2OS/c1-8-9-3-2-6-5(9)4-7(10)11-6/h2-4,8,10H,1H3. The van der Waals surface area contributed by atoms with E-state index in [0.717, 1.165) is 10.2 Å². The van der Waals surface area contributed by atoms with E-state index in [0.29, 0.717) is 5.06 Å². The molecular formula is C7H8N2OS. The summed E-state index contributed by atoms with van der Waals surface area (Å²) < 4.78 is 2.96. The minimum absolute atomic E-state index is 0.361. The molecule has 3 nitrogen and oxygen atoms in total. The first-order valence-electron chi connectivity index (χ1n) is 3.29. The lowest BCUT2D eigenvalue weighted by Crippen LogP contribution is -2.05. The number of hydrogen-bond donors (Lipinski definition) is 2. The molecule has 0 atom stereocenters. The maximum absolute atomic E-state index is 9.14. The fourth-order valence-corrected chi connectivity index (χ4v) is 1.89. The molecule has 0 amide bonds. The Bertz CT molecular complexity index is 377. The van der Waals surface area contributed by atoms with Gasteiger partial charge in [-0.1, -0.05) is 11.3 Å². The molecular weight excluding hydrogens is 160 g/mol. The van der Waals surface area contributed by atoms with Gasteiger partial charge >= 0.3 is 0 Å². The summed E-state index contributed by atoms with van der Waals surface area (Å²) in [7, 11) is 1.84. The molecule has 0 aliphatic heterocycles. The number of aromatic nitrogens is 1. The van der Waals surface area contributed by atoms with Crippen LogP contribution >= 0.6 is 11.3 Å². The molecule has 2 heterocycles. The van der Waals surface area contributed by atoms with Crippen molar-refractivity contribution in [1.82, 2.24) is 4.68 Å². The van der Waals surface area contributed by atoms with Gasteiger partial charge in [0.05, 0.1) is 10.2 Å². The van der Waals surface area contributed by atoms with Crippen LogP contribution in [0.15, 0.2) is 18.3 Å². The highest BCUT2D eigenvalue weighted by molar-refractivity contribution is 7.20. The smallest absolute Gasteiger partial charge is 0.173 e. The van der Waals surface area contributed by atoms with Gasteiger partial charge in [0, 0.05) is 19.3 Å². The van der Waals surface area contributed by atoms with Crippen LogP contribution in [0.1, 0.15) is 0 Å². The molecule has 0 aromatic carbocycles. The molecule has 0 bridgehead atoms. The molecule has 0 unspecified atom stereocenters. The van der Waals surface area contributed by atoms with Crippen LogP contribution in [-0.2, 0) is 0 Å². The molecule has 4 heteroatoms. The molecule has 0 fully saturated rings. The average molecular weight is 168 g/mol. The molecule has 11 heavy (non-hydrogen) atoms. The zero-order valence-electron chi connectivity index (χ0n) is 6.03. The van der Waals surface area contributed by atoms with Gasteiger partial charge in [0.25, 0.3) is 0 Å². The highest BCUT2D eigenvalue weighted by Gasteiger charge is 2.03. The Morgan fingerprint density at radius 1 is 1.64 bits per heavy atom. The Morgan fingerprint density at radius 3 is 3.18 bits per heavy atom. The lowest BCUT2D eigenvalue weighted by molar-refractivity contribution is 0.491. The minimum atomic E-state index is 0.361. The third-order valence-corrected chi connectivity index (χ3v) is 2.49. The Balaban J connectivity index is 2.73. The van der Waals surface area contributed by atoms with E-state index < -0.39 is 0 Å². The molecule has 58 valence electrons. The predicted octanol–water partition coefficient (Wildman–Crippen LogP) is 1.58. The van der Waals surface area contributed by atoms with Crippen LogP contribution in [0.2, 0.25) is 0 Å². The number of fused-ring (bicyclic) bond motifs is 1. The Kier molecular flexibility index (Phi) is 1.29. The average Bonchev–Trinajstić information content (AvgIpc) is 2.45. The molecule has 0 aliphatic carbocycles. The first-order valence-corrected chi connectivity index (χ1v) is 4.10. The summed E-state index contributed by atoms with van der Waals surface area (Å²) in [6, 6.07) is 3.72. The monoisotopic (exact) mass is 168 g/mol. The lowest BCUT2D eigenvalue weighted by atomic mass is 10.5. The molecule has 2 rings (SSSR count). The van der Waals surface area contributed by atoms with Gasteiger partial charge in [0.2, 0.25) is 0 Å². The fourth-order valence-electron chi connectivity index (χ4n) is 1.11. The van der Waals surface area contributed by atoms with Gasteiger partial charge in [-0.2, -0.15) is 0 Å². The van der Waals surface area contributed by atoms with Crippen molar-refractivity contribution >= 4 is 21.6 Å². The second-order valence-corrected chi connectivity index (χ2v) is 3.31. The summed E-state index contributed by atoms with van der Waals surface area (Å²) in [5, 5.41) is 9.50. The van der Waals surface area contributed by atoms with E-state index in [1.54, 1.807) is 6.07 Å². The molecule has 0 spiro atoms. The van der Waals surface area contributed by atoms with Crippen LogP contribution < -0.4 is 5.43 Å². The van der Waals surface area contributed by atoms with Crippen molar-refractivity contribution in [1.29, 1.82) is 0 Å². The number of hydrogen-bond acceptors (Lipinski definition) is 3. The second kappa shape index (κ2) is 2.17. The lowest BCUT2D eigenvalue weighted by Gasteiger charge is -1.98. The maximum atomic E-state index is 9.14. The SMILES string of the molecule is CNn1ccc2sc(O)cc21. The van der Waals surface area contributed by atoms with Gasteiger partial charge in [-0.15, -0.1) is 0 Å². The van der Waals surface area contributed by atoms with Crippen molar-refractivity contribution < 1.29 is 5.11 Å². The molecule has 0 aliphatic rings. The van der Waals surface area contributed by atoms with Gasteiger partial charge in [0.1, 0.15) is 0 Å². The third-order valence-electron chi connectivity index (χ3n) is 1.60. The van der Waals surface area contributed by atoms with E-state index in [2.05, 4.69) is 5.43 Å². The summed E-state index contributed by atoms with van der Waals surface area (Å²) in [5.41, 5.74) is 4.00. The van der Waals surface area contributed by atoms with E-state index in [1.807, 2.05) is 24.0 Å². The highest BCUT2D eigenvalue weighted by atomic mass is 32.1. The van der Waals surface area contributed by atoms with Gasteiger partial charge in [-0.05, 0) is 6.07 Å². The molecule has 2 aromatic rings. The maximum Gasteiger partial charge on any atom is 0.173 e. The minimum Gasteiger partial charge on any atom is -0.499 e. The van der Waals surface area contributed by atoms with Crippen molar-refractivity contribution in [2.24, 2.45) is 0 Å². The van der Waals surface area contributed by atoms with E-state index >= 15 is 0 Å². The highest BCUT2D eigenvalue weighted by Crippen LogP contribution is 2.30. The van der Waals surface area contributed by atoms with Crippen molar-refractivity contribution in [2.75, 3.05) is 12.5 Å². The normalized spacial score (nSPS) is 10.6. The summed E-state index contributed by atoms with van der Waals surface area (Å²) in [4.78, 5) is 0. The zero-order valence-corrected chi connectivity index (χ0v) is 6.85. The van der Waals surface area contributed by atoms with E-state index in [9.17, 15) is 0 Å². The summed E-state index contributed by atoms with van der Waals surface area (Å²) >= 11 is 1.38. The Hall–Kier alpha value is -1.16. The summed E-state index contributed by atoms with van der Waals surface area (Å²) in [6.07, 6.45) is 1.93. The first kappa shape index (κ1) is 6.54. The van der Waals surface area contributed by atoms with Crippen molar-refractivity contribution in [3.8, 4) is 5.06 Å². The van der Waals surface area contributed by atoms with Crippen LogP contribution in [-0.4, -0.2) is 16.8 Å². The van der Waals surface area contributed by atoms with Crippen LogP contribution in [0.4, 0.5) is 0 Å². The Labute approximate surface area is 67.9 Å². The van der Waals surface area contributed by atoms with E-state index in [4.69, 9.17) is 5.11 Å². The van der Waals surface area contributed by atoms with Gasteiger partial charge in [0.15, 0.2) is 5.06 Å². The number of nitrogens with zero attached hydrogens (tertiary/aromatic N) is 1.